The number of nitrogens with zero attached hydrogens (tertiary/aromatic N) is 4. The number of hydrogen-bond donors (Lipinski definition) is 1. The standard InChI is InChI=1S/C25H31N5O3/c1-18-7-6-8-20(19(18)2)26-23(31)17-28-13-15-29(16-14-28)24(32)11-12-30-22-10-5-4-9-21(22)27(3)25(30)33/h4-10H,11-17H2,1-3H3,(H,26,31). The van der Waals surface area contributed by atoms with Crippen LogP contribution in [0.1, 0.15) is 17.5 Å². The summed E-state index contributed by atoms with van der Waals surface area (Å²) in [6.45, 7) is 7.16. The third-order valence-corrected chi connectivity index (χ3v) is 6.57. The molecule has 174 valence electrons. The Balaban J connectivity index is 1.27. The molecular weight excluding hydrogens is 418 g/mol. The number of carbonyl (C=O) groups is 2. The van der Waals surface area contributed by atoms with E-state index in [9.17, 15) is 14.4 Å². The average Bonchev–Trinajstić information content (AvgIpc) is 3.05. The zero-order chi connectivity index (χ0) is 23.5. The number of amides is 2. The third-order valence-electron chi connectivity index (χ3n) is 6.57. The van der Waals surface area contributed by atoms with Gasteiger partial charge in [-0.15, -0.1) is 0 Å². The summed E-state index contributed by atoms with van der Waals surface area (Å²) in [6.07, 6.45) is 0.279. The number of para-hydroxylation sites is 2. The van der Waals surface area contributed by atoms with Crippen LogP contribution in [0.3, 0.4) is 0 Å². The number of carbonyl (C=O) groups excluding carboxylic acids is 2. The van der Waals surface area contributed by atoms with Crippen molar-refractivity contribution >= 4 is 28.5 Å². The normalized spacial score (nSPS) is 14.6. The van der Waals surface area contributed by atoms with Crippen molar-refractivity contribution in [3.8, 4) is 0 Å². The first-order chi connectivity index (χ1) is 15.8. The Labute approximate surface area is 193 Å². The molecule has 0 atom stereocenters. The Bertz CT molecular complexity index is 1230. The van der Waals surface area contributed by atoms with E-state index in [1.807, 2.05) is 61.2 Å². The fraction of sp³-hybridized carbons (Fsp3) is 0.400. The number of aryl methyl sites for hydroxylation is 3. The van der Waals surface area contributed by atoms with Gasteiger partial charge in [0, 0.05) is 51.9 Å². The minimum atomic E-state index is -0.108. The number of nitrogens with one attached hydrogen (secondary N) is 1. The summed E-state index contributed by atoms with van der Waals surface area (Å²) in [5.41, 5.74) is 4.67. The van der Waals surface area contributed by atoms with E-state index in [2.05, 4.69) is 10.2 Å². The van der Waals surface area contributed by atoms with E-state index in [1.165, 1.54) is 0 Å². The number of rotatable bonds is 6. The minimum Gasteiger partial charge on any atom is -0.340 e. The van der Waals surface area contributed by atoms with Gasteiger partial charge in [-0.2, -0.15) is 0 Å². The number of piperazine rings is 1. The lowest BCUT2D eigenvalue weighted by Crippen LogP contribution is -2.50. The molecule has 2 heterocycles. The van der Waals surface area contributed by atoms with Crippen LogP contribution in [0.2, 0.25) is 0 Å². The fourth-order valence-corrected chi connectivity index (χ4v) is 4.38. The Morgan fingerprint density at radius 1 is 0.939 bits per heavy atom. The maximum atomic E-state index is 12.8. The van der Waals surface area contributed by atoms with Crippen molar-refractivity contribution in [1.82, 2.24) is 18.9 Å². The summed E-state index contributed by atoms with van der Waals surface area (Å²) in [7, 11) is 1.75. The Morgan fingerprint density at radius 3 is 2.36 bits per heavy atom. The molecule has 8 nitrogen and oxygen atoms in total. The second kappa shape index (κ2) is 9.62. The number of anilines is 1. The molecule has 1 N–H and O–H groups in total. The summed E-state index contributed by atoms with van der Waals surface area (Å²) in [4.78, 5) is 41.7. The second-order valence-corrected chi connectivity index (χ2v) is 8.68. The zero-order valence-corrected chi connectivity index (χ0v) is 19.5. The van der Waals surface area contributed by atoms with Gasteiger partial charge in [0.05, 0.1) is 17.6 Å². The van der Waals surface area contributed by atoms with E-state index in [1.54, 1.807) is 16.2 Å². The van der Waals surface area contributed by atoms with Gasteiger partial charge in [-0.25, -0.2) is 4.79 Å². The molecule has 1 fully saturated rings. The Morgan fingerprint density at radius 2 is 1.64 bits per heavy atom. The quantitative estimate of drug-likeness (QED) is 0.625. The number of imidazole rings is 1. The van der Waals surface area contributed by atoms with Gasteiger partial charge < -0.3 is 10.2 Å². The van der Waals surface area contributed by atoms with Crippen LogP contribution in [0, 0.1) is 13.8 Å². The maximum absolute atomic E-state index is 12.8. The molecule has 3 aromatic rings. The van der Waals surface area contributed by atoms with Crippen molar-refractivity contribution in [2.24, 2.45) is 7.05 Å². The summed E-state index contributed by atoms with van der Waals surface area (Å²) >= 11 is 0. The van der Waals surface area contributed by atoms with E-state index in [0.29, 0.717) is 39.3 Å². The molecule has 0 aliphatic carbocycles. The van der Waals surface area contributed by atoms with Crippen molar-refractivity contribution in [3.63, 3.8) is 0 Å². The molecular formula is C25H31N5O3. The number of fused-ring (bicyclic) bond motifs is 1. The lowest BCUT2D eigenvalue weighted by atomic mass is 10.1. The van der Waals surface area contributed by atoms with Gasteiger partial charge >= 0.3 is 5.69 Å². The van der Waals surface area contributed by atoms with Crippen LogP contribution in [-0.4, -0.2) is 63.5 Å². The minimum absolute atomic E-state index is 0.0364. The molecule has 2 amide bonds. The first kappa shape index (κ1) is 22.8. The van der Waals surface area contributed by atoms with Crippen LogP contribution >= 0.6 is 0 Å². The van der Waals surface area contributed by atoms with Crippen molar-refractivity contribution in [2.75, 3.05) is 38.0 Å². The molecule has 1 aliphatic rings. The van der Waals surface area contributed by atoms with E-state index in [-0.39, 0.29) is 23.9 Å². The van der Waals surface area contributed by atoms with Gasteiger partial charge in [0.15, 0.2) is 0 Å². The second-order valence-electron chi connectivity index (χ2n) is 8.68. The van der Waals surface area contributed by atoms with Crippen molar-refractivity contribution < 1.29 is 9.59 Å². The van der Waals surface area contributed by atoms with Crippen molar-refractivity contribution in [2.45, 2.75) is 26.8 Å². The SMILES string of the molecule is Cc1cccc(NC(=O)CN2CCN(C(=O)CCn3c(=O)n(C)c4ccccc43)CC2)c1C. The monoisotopic (exact) mass is 449 g/mol. The number of hydrogen-bond acceptors (Lipinski definition) is 4. The molecule has 0 bridgehead atoms. The van der Waals surface area contributed by atoms with Gasteiger partial charge in [-0.3, -0.25) is 23.6 Å². The van der Waals surface area contributed by atoms with Crippen LogP contribution in [0.25, 0.3) is 11.0 Å². The zero-order valence-electron chi connectivity index (χ0n) is 19.5. The maximum Gasteiger partial charge on any atom is 0.328 e. The van der Waals surface area contributed by atoms with Gasteiger partial charge in [0.2, 0.25) is 11.8 Å². The fourth-order valence-electron chi connectivity index (χ4n) is 4.38. The smallest absolute Gasteiger partial charge is 0.328 e. The highest BCUT2D eigenvalue weighted by Gasteiger charge is 2.23. The number of benzene rings is 2. The molecule has 4 rings (SSSR count). The summed E-state index contributed by atoms with van der Waals surface area (Å²) in [5.74, 6) is -0.00636. The average molecular weight is 450 g/mol. The lowest BCUT2D eigenvalue weighted by molar-refractivity contribution is -0.133. The van der Waals surface area contributed by atoms with Crippen molar-refractivity contribution in [3.05, 3.63) is 64.1 Å². The van der Waals surface area contributed by atoms with Gasteiger partial charge in [0.25, 0.3) is 0 Å². The first-order valence-corrected chi connectivity index (χ1v) is 11.4. The van der Waals surface area contributed by atoms with E-state index in [4.69, 9.17) is 0 Å². The molecule has 2 aromatic carbocycles. The molecule has 33 heavy (non-hydrogen) atoms. The highest BCUT2D eigenvalue weighted by atomic mass is 16.2. The van der Waals surface area contributed by atoms with Crippen molar-refractivity contribution in [1.29, 1.82) is 0 Å². The van der Waals surface area contributed by atoms with Gasteiger partial charge in [0.1, 0.15) is 0 Å². The molecule has 0 radical (unpaired) electrons. The molecule has 1 saturated heterocycles. The molecule has 0 unspecified atom stereocenters. The summed E-state index contributed by atoms with van der Waals surface area (Å²) < 4.78 is 3.28. The molecule has 0 spiro atoms. The first-order valence-electron chi connectivity index (χ1n) is 11.4. The molecule has 0 saturated carbocycles. The molecule has 1 aliphatic heterocycles. The largest absolute Gasteiger partial charge is 0.340 e. The van der Waals surface area contributed by atoms with Gasteiger partial charge in [-0.1, -0.05) is 24.3 Å². The van der Waals surface area contributed by atoms with Crippen LogP contribution in [0.5, 0.6) is 0 Å². The number of aromatic nitrogens is 2. The van der Waals surface area contributed by atoms with Gasteiger partial charge in [-0.05, 0) is 43.2 Å². The van der Waals surface area contributed by atoms with Crippen LogP contribution in [0.15, 0.2) is 47.3 Å². The Kier molecular flexibility index (Phi) is 6.65. The lowest BCUT2D eigenvalue weighted by Gasteiger charge is -2.34. The van der Waals surface area contributed by atoms with Crippen LogP contribution in [-0.2, 0) is 23.2 Å². The van der Waals surface area contributed by atoms with E-state index in [0.717, 1.165) is 27.8 Å². The van der Waals surface area contributed by atoms with E-state index >= 15 is 0 Å². The highest BCUT2D eigenvalue weighted by Crippen LogP contribution is 2.18. The highest BCUT2D eigenvalue weighted by molar-refractivity contribution is 5.93. The summed E-state index contributed by atoms with van der Waals surface area (Å²) in [5, 5.41) is 3.00. The van der Waals surface area contributed by atoms with Crippen LogP contribution < -0.4 is 11.0 Å². The molecule has 1 aromatic heterocycles. The Hall–Kier alpha value is -3.39. The topological polar surface area (TPSA) is 79.6 Å². The third kappa shape index (κ3) is 4.85. The van der Waals surface area contributed by atoms with Crippen LogP contribution in [0.4, 0.5) is 5.69 Å². The predicted molar refractivity (Wildman–Crippen MR) is 129 cm³/mol. The molecule has 8 heteroatoms. The summed E-state index contributed by atoms with van der Waals surface area (Å²) in [6, 6.07) is 13.5. The van der Waals surface area contributed by atoms with E-state index < -0.39 is 0 Å². The predicted octanol–water partition coefficient (Wildman–Crippen LogP) is 2.13.